The third-order valence-corrected chi connectivity index (χ3v) is 4.03. The van der Waals surface area contributed by atoms with Crippen molar-refractivity contribution in [2.45, 2.75) is 13.8 Å². The number of furan rings is 1. The third-order valence-electron chi connectivity index (χ3n) is 4.03. The van der Waals surface area contributed by atoms with Gasteiger partial charge in [0.05, 0.1) is 0 Å². The molecule has 0 unspecified atom stereocenters. The van der Waals surface area contributed by atoms with Crippen LogP contribution < -0.4 is 4.74 Å². The van der Waals surface area contributed by atoms with E-state index in [1.165, 1.54) is 0 Å². The molecule has 0 radical (unpaired) electrons. The van der Waals surface area contributed by atoms with Crippen LogP contribution in [0.25, 0.3) is 10.8 Å². The van der Waals surface area contributed by atoms with Crippen LogP contribution in [0.1, 0.15) is 22.5 Å². The van der Waals surface area contributed by atoms with Gasteiger partial charge in [-0.05, 0) is 30.7 Å². The van der Waals surface area contributed by atoms with E-state index in [1.807, 2.05) is 50.2 Å². The molecule has 0 aliphatic carbocycles. The number of benzene rings is 2. The fourth-order valence-electron chi connectivity index (χ4n) is 2.61. The smallest absolute Gasteiger partial charge is 0.237 e. The zero-order valence-electron chi connectivity index (χ0n) is 14.0. The van der Waals surface area contributed by atoms with Gasteiger partial charge >= 0.3 is 0 Å². The van der Waals surface area contributed by atoms with Gasteiger partial charge in [-0.15, -0.1) is 6.42 Å². The number of hydrogen-bond donors (Lipinski definition) is 0. The molecule has 2 aromatic carbocycles. The van der Waals surface area contributed by atoms with Crippen LogP contribution in [0, 0.1) is 37.5 Å². The number of hydrogen-bond acceptors (Lipinski definition) is 4. The van der Waals surface area contributed by atoms with Gasteiger partial charge in [0.2, 0.25) is 5.88 Å². The molecule has 3 aromatic rings. The van der Waals surface area contributed by atoms with Crippen LogP contribution in [0.15, 0.2) is 45.8 Å². The maximum Gasteiger partial charge on any atom is 0.237 e. The van der Waals surface area contributed by atoms with Gasteiger partial charge in [0.15, 0.2) is 0 Å². The number of fused-ring (bicyclic) bond motifs is 1. The van der Waals surface area contributed by atoms with E-state index >= 15 is 0 Å². The van der Waals surface area contributed by atoms with E-state index in [2.05, 4.69) is 17.0 Å². The van der Waals surface area contributed by atoms with Crippen molar-refractivity contribution in [2.24, 2.45) is 4.99 Å². The fourth-order valence-corrected chi connectivity index (χ4v) is 2.61. The van der Waals surface area contributed by atoms with Crippen LogP contribution >= 0.6 is 0 Å². The molecular weight excluding hydrogens is 312 g/mol. The Labute approximate surface area is 146 Å². The maximum absolute atomic E-state index is 9.32. The van der Waals surface area contributed by atoms with Gasteiger partial charge in [-0.1, -0.05) is 36.3 Å². The zero-order chi connectivity index (χ0) is 17.8. The lowest BCUT2D eigenvalue weighted by Gasteiger charge is -2.09. The lowest BCUT2D eigenvalue weighted by atomic mass is 10.0. The first-order valence-electron chi connectivity index (χ1n) is 7.78. The average molecular weight is 328 g/mol. The first-order chi connectivity index (χ1) is 12.2. The van der Waals surface area contributed by atoms with E-state index in [9.17, 15) is 5.26 Å². The monoisotopic (exact) mass is 328 g/mol. The Balaban J connectivity index is 2.13. The first-order valence-corrected chi connectivity index (χ1v) is 7.78. The van der Waals surface area contributed by atoms with E-state index in [0.29, 0.717) is 23.0 Å². The standard InChI is InChI=1S/C21H16N2O2/c1-4-11-24-20-10-9-16-7-5-6-8-17(16)19(20)13-23-21-18(12-22)14(2)15(3)25-21/h1,5-10,13H,11H2,2-3H3. The van der Waals surface area contributed by atoms with Crippen molar-refractivity contribution in [1.82, 2.24) is 0 Å². The van der Waals surface area contributed by atoms with Gasteiger partial charge in [0, 0.05) is 17.3 Å². The minimum atomic E-state index is 0.168. The van der Waals surface area contributed by atoms with Gasteiger partial charge in [0.1, 0.15) is 29.7 Å². The molecule has 3 rings (SSSR count). The predicted octanol–water partition coefficient (Wildman–Crippen LogP) is 4.68. The van der Waals surface area contributed by atoms with Crippen LogP contribution in [0.3, 0.4) is 0 Å². The summed E-state index contributed by atoms with van der Waals surface area (Å²) >= 11 is 0. The number of rotatable bonds is 4. The molecule has 0 saturated heterocycles. The summed E-state index contributed by atoms with van der Waals surface area (Å²) < 4.78 is 11.2. The first kappa shape index (κ1) is 16.4. The number of nitriles is 1. The molecule has 0 spiro atoms. The molecule has 0 saturated carbocycles. The fraction of sp³-hybridized carbons (Fsp3) is 0.143. The number of aliphatic imine (C=N–C) groups is 1. The van der Waals surface area contributed by atoms with E-state index in [0.717, 1.165) is 21.9 Å². The van der Waals surface area contributed by atoms with Gasteiger partial charge in [-0.3, -0.25) is 0 Å². The lowest BCUT2D eigenvalue weighted by Crippen LogP contribution is -1.98. The van der Waals surface area contributed by atoms with Crippen LogP contribution in [0.4, 0.5) is 5.88 Å². The van der Waals surface area contributed by atoms with Crippen molar-refractivity contribution in [3.63, 3.8) is 0 Å². The Morgan fingerprint density at radius 2 is 2.04 bits per heavy atom. The molecule has 122 valence electrons. The molecule has 4 nitrogen and oxygen atoms in total. The highest BCUT2D eigenvalue weighted by Crippen LogP contribution is 2.30. The number of aryl methyl sites for hydroxylation is 1. The second-order valence-electron chi connectivity index (χ2n) is 5.52. The molecule has 0 N–H and O–H groups in total. The van der Waals surface area contributed by atoms with Crippen LogP contribution in [-0.2, 0) is 0 Å². The summed E-state index contributed by atoms with van der Waals surface area (Å²) in [6.45, 7) is 3.83. The zero-order valence-corrected chi connectivity index (χ0v) is 14.0. The molecular formula is C21H16N2O2. The highest BCUT2D eigenvalue weighted by molar-refractivity contribution is 6.03. The topological polar surface area (TPSA) is 58.5 Å². The Morgan fingerprint density at radius 1 is 1.24 bits per heavy atom. The van der Waals surface area contributed by atoms with Crippen molar-refractivity contribution in [1.29, 1.82) is 5.26 Å². The number of ether oxygens (including phenoxy) is 1. The highest BCUT2D eigenvalue weighted by atomic mass is 16.5. The lowest BCUT2D eigenvalue weighted by molar-refractivity contribution is 0.370. The van der Waals surface area contributed by atoms with Gasteiger partial charge < -0.3 is 9.15 Å². The van der Waals surface area contributed by atoms with E-state index in [4.69, 9.17) is 15.6 Å². The molecule has 0 fully saturated rings. The normalized spacial score (nSPS) is 10.7. The summed E-state index contributed by atoms with van der Waals surface area (Å²) in [5, 5.41) is 11.4. The maximum atomic E-state index is 9.32. The molecule has 0 amide bonds. The minimum Gasteiger partial charge on any atom is -0.480 e. The Hall–Kier alpha value is -3.50. The summed E-state index contributed by atoms with van der Waals surface area (Å²) in [6.07, 6.45) is 6.96. The van der Waals surface area contributed by atoms with Crippen molar-refractivity contribution in [3.05, 3.63) is 58.8 Å². The molecule has 4 heteroatoms. The molecule has 25 heavy (non-hydrogen) atoms. The number of terminal acetylenes is 1. The predicted molar refractivity (Wildman–Crippen MR) is 98.4 cm³/mol. The highest BCUT2D eigenvalue weighted by Gasteiger charge is 2.14. The minimum absolute atomic E-state index is 0.168. The summed E-state index contributed by atoms with van der Waals surface area (Å²) in [6, 6.07) is 13.9. The Kier molecular flexibility index (Phi) is 4.55. The van der Waals surface area contributed by atoms with Gasteiger partial charge in [-0.2, -0.15) is 5.26 Å². The SMILES string of the molecule is C#CCOc1ccc2ccccc2c1C=Nc1oc(C)c(C)c1C#N. The van der Waals surface area contributed by atoms with Crippen LogP contribution in [0.2, 0.25) is 0 Å². The molecule has 1 aromatic heterocycles. The Bertz CT molecular complexity index is 1050. The average Bonchev–Trinajstić information content (AvgIpc) is 2.91. The van der Waals surface area contributed by atoms with E-state index < -0.39 is 0 Å². The van der Waals surface area contributed by atoms with Crippen molar-refractivity contribution in [2.75, 3.05) is 6.61 Å². The molecule has 0 atom stereocenters. The largest absolute Gasteiger partial charge is 0.480 e. The molecule has 0 bridgehead atoms. The summed E-state index contributed by atoms with van der Waals surface area (Å²) in [7, 11) is 0. The van der Waals surface area contributed by atoms with Crippen molar-refractivity contribution in [3.8, 4) is 24.2 Å². The van der Waals surface area contributed by atoms with E-state index in [1.54, 1.807) is 6.21 Å². The second kappa shape index (κ2) is 6.95. The molecule has 0 aliphatic rings. The van der Waals surface area contributed by atoms with Gasteiger partial charge in [0.25, 0.3) is 0 Å². The van der Waals surface area contributed by atoms with Gasteiger partial charge in [-0.25, -0.2) is 4.99 Å². The van der Waals surface area contributed by atoms with E-state index in [-0.39, 0.29) is 6.61 Å². The van der Waals surface area contributed by atoms with Crippen LogP contribution in [-0.4, -0.2) is 12.8 Å². The second-order valence-corrected chi connectivity index (χ2v) is 5.52. The number of nitrogens with zero attached hydrogens (tertiary/aromatic N) is 2. The van der Waals surface area contributed by atoms with Crippen LogP contribution in [0.5, 0.6) is 5.75 Å². The summed E-state index contributed by atoms with van der Waals surface area (Å²) in [5.41, 5.74) is 2.04. The quantitative estimate of drug-likeness (QED) is 0.516. The third kappa shape index (κ3) is 3.11. The Morgan fingerprint density at radius 3 is 2.80 bits per heavy atom. The van der Waals surface area contributed by atoms with Crippen molar-refractivity contribution >= 4 is 22.9 Å². The van der Waals surface area contributed by atoms with Crippen molar-refractivity contribution < 1.29 is 9.15 Å². The summed E-state index contributed by atoms with van der Waals surface area (Å²) in [5.74, 6) is 4.09. The molecule has 1 heterocycles. The summed E-state index contributed by atoms with van der Waals surface area (Å²) in [4.78, 5) is 4.40. The molecule has 0 aliphatic heterocycles.